The molecule has 2 heterocycles. The number of thioether (sulfide) groups is 1. The third-order valence-electron chi connectivity index (χ3n) is 4.23. The lowest BCUT2D eigenvalue weighted by molar-refractivity contribution is -0.122. The Labute approximate surface area is 157 Å². The Kier molecular flexibility index (Phi) is 3.92. The number of para-hydroxylation sites is 1. The molecule has 0 N–H and O–H groups in total. The monoisotopic (exact) mass is 382 g/mol. The summed E-state index contributed by atoms with van der Waals surface area (Å²) >= 11 is 0.624. The predicted octanol–water partition coefficient (Wildman–Crippen LogP) is 3.33. The van der Waals surface area contributed by atoms with Crippen LogP contribution >= 0.6 is 11.8 Å². The first-order valence-electron chi connectivity index (χ1n) is 7.90. The average Bonchev–Trinajstić information content (AvgIpc) is 3.08. The Hall–Kier alpha value is -3.26. The van der Waals surface area contributed by atoms with Crippen molar-refractivity contribution in [3.05, 3.63) is 64.8 Å². The number of benzene rings is 2. The molecule has 0 aromatic heterocycles. The number of carbonyl (C=O) groups is 4. The fourth-order valence-corrected chi connectivity index (χ4v) is 4.01. The lowest BCUT2D eigenvalue weighted by atomic mass is 10.1. The van der Waals surface area contributed by atoms with Crippen LogP contribution in [0.15, 0.2) is 53.4 Å². The molecule has 0 radical (unpaired) electrons. The lowest BCUT2D eigenvalue weighted by Crippen LogP contribution is -2.32. The molecule has 0 unspecified atom stereocenters. The van der Waals surface area contributed by atoms with E-state index in [0.29, 0.717) is 23.0 Å². The van der Waals surface area contributed by atoms with E-state index in [4.69, 9.17) is 0 Å². The normalized spacial score (nSPS) is 19.1. The quantitative estimate of drug-likeness (QED) is 0.708. The number of hydrogen-bond donors (Lipinski definition) is 0. The highest BCUT2D eigenvalue weighted by molar-refractivity contribution is 8.19. The Balaban J connectivity index is 1.85. The highest BCUT2D eigenvalue weighted by Crippen LogP contribution is 2.45. The molecular weight excluding hydrogens is 371 g/mol. The molecule has 0 aliphatic carbocycles. The number of fused-ring (bicyclic) bond motifs is 1. The van der Waals surface area contributed by atoms with Crippen LogP contribution in [0.4, 0.5) is 20.6 Å². The van der Waals surface area contributed by atoms with Gasteiger partial charge in [0.15, 0.2) is 0 Å². The minimum absolute atomic E-state index is 0.0220. The number of rotatable bonds is 1. The lowest BCUT2D eigenvalue weighted by Gasteiger charge is -2.12. The van der Waals surface area contributed by atoms with Gasteiger partial charge in [0.2, 0.25) is 5.91 Å². The topological polar surface area (TPSA) is 74.8 Å². The van der Waals surface area contributed by atoms with Gasteiger partial charge >= 0.3 is 0 Å². The molecule has 2 aliphatic rings. The number of amides is 4. The van der Waals surface area contributed by atoms with Gasteiger partial charge in [0.25, 0.3) is 17.1 Å². The summed E-state index contributed by atoms with van der Waals surface area (Å²) in [6, 6.07) is 11.5. The van der Waals surface area contributed by atoms with Gasteiger partial charge in [-0.05, 0) is 42.1 Å². The minimum Gasteiger partial charge on any atom is -0.274 e. The predicted molar refractivity (Wildman–Crippen MR) is 98.4 cm³/mol. The van der Waals surface area contributed by atoms with Crippen molar-refractivity contribution in [3.63, 3.8) is 0 Å². The minimum atomic E-state index is -0.680. The average molecular weight is 382 g/mol. The number of imide groups is 2. The molecule has 0 bridgehead atoms. The third kappa shape index (κ3) is 2.57. The van der Waals surface area contributed by atoms with Crippen molar-refractivity contribution in [3.8, 4) is 0 Å². The van der Waals surface area contributed by atoms with Crippen LogP contribution in [0.1, 0.15) is 12.5 Å². The van der Waals surface area contributed by atoms with Gasteiger partial charge < -0.3 is 0 Å². The molecule has 8 heteroatoms. The highest BCUT2D eigenvalue weighted by atomic mass is 32.2. The van der Waals surface area contributed by atoms with Gasteiger partial charge in [-0.1, -0.05) is 18.2 Å². The van der Waals surface area contributed by atoms with E-state index in [1.54, 1.807) is 24.3 Å². The summed E-state index contributed by atoms with van der Waals surface area (Å²) in [5, 5.41) is -0.597. The van der Waals surface area contributed by atoms with E-state index in [0.717, 1.165) is 21.9 Å². The maximum Gasteiger partial charge on any atom is 0.298 e. The Bertz CT molecular complexity index is 1060. The molecule has 1 saturated heterocycles. The van der Waals surface area contributed by atoms with Crippen LogP contribution < -0.4 is 9.80 Å². The van der Waals surface area contributed by atoms with Gasteiger partial charge in [0.1, 0.15) is 5.82 Å². The number of halogens is 1. The molecule has 0 atom stereocenters. The molecule has 2 aromatic rings. The van der Waals surface area contributed by atoms with E-state index >= 15 is 0 Å². The zero-order chi connectivity index (χ0) is 19.3. The molecule has 6 nitrogen and oxygen atoms in total. The van der Waals surface area contributed by atoms with E-state index < -0.39 is 28.8 Å². The number of carbonyl (C=O) groups excluding carboxylic acids is 4. The molecule has 27 heavy (non-hydrogen) atoms. The summed E-state index contributed by atoms with van der Waals surface area (Å²) in [5.41, 5.74) is 1.02. The van der Waals surface area contributed by atoms with Crippen molar-refractivity contribution in [1.29, 1.82) is 0 Å². The summed E-state index contributed by atoms with van der Waals surface area (Å²) in [4.78, 5) is 51.9. The molecule has 134 valence electrons. The highest BCUT2D eigenvalue weighted by Gasteiger charge is 2.44. The van der Waals surface area contributed by atoms with Crippen LogP contribution in [0.5, 0.6) is 0 Å². The second kappa shape index (κ2) is 6.17. The van der Waals surface area contributed by atoms with E-state index in [-0.39, 0.29) is 16.2 Å². The van der Waals surface area contributed by atoms with Crippen LogP contribution in [-0.4, -0.2) is 23.0 Å². The van der Waals surface area contributed by atoms with Gasteiger partial charge in [-0.3, -0.25) is 19.2 Å². The van der Waals surface area contributed by atoms with Gasteiger partial charge in [-0.2, -0.15) is 0 Å². The molecule has 4 rings (SSSR count). The second-order valence-corrected chi connectivity index (χ2v) is 6.83. The Morgan fingerprint density at radius 1 is 0.963 bits per heavy atom. The van der Waals surface area contributed by atoms with E-state index in [1.807, 2.05) is 0 Å². The first kappa shape index (κ1) is 17.2. The van der Waals surface area contributed by atoms with Gasteiger partial charge in [-0.25, -0.2) is 14.2 Å². The standard InChI is InChI=1S/C19H11FN2O4S/c1-10(23)21-14-5-3-2-4-13(14)15(17(21)24)16-18(25)22(19(26)27-16)12-8-6-11(20)7-9-12/h2-9H,1H3/b16-15-. The van der Waals surface area contributed by atoms with Crippen LogP contribution in [-0.2, 0) is 14.4 Å². The van der Waals surface area contributed by atoms with Crippen molar-refractivity contribution in [2.45, 2.75) is 6.92 Å². The van der Waals surface area contributed by atoms with Crippen LogP contribution in [0.3, 0.4) is 0 Å². The van der Waals surface area contributed by atoms with Crippen molar-refractivity contribution in [1.82, 2.24) is 0 Å². The number of anilines is 2. The summed E-state index contributed by atoms with van der Waals surface area (Å²) in [5.74, 6) is -2.31. The van der Waals surface area contributed by atoms with Crippen molar-refractivity contribution >= 4 is 51.7 Å². The SMILES string of the molecule is CC(=O)N1C(=O)/C(=C2\SC(=O)N(c3ccc(F)cc3)C2=O)c2ccccc21. The number of hydrogen-bond acceptors (Lipinski definition) is 5. The van der Waals surface area contributed by atoms with E-state index in [9.17, 15) is 23.6 Å². The first-order chi connectivity index (χ1) is 12.9. The molecule has 0 saturated carbocycles. The third-order valence-corrected chi connectivity index (χ3v) is 5.17. The second-order valence-electron chi connectivity index (χ2n) is 5.87. The van der Waals surface area contributed by atoms with Crippen LogP contribution in [0, 0.1) is 5.82 Å². The maximum atomic E-state index is 13.1. The molecule has 1 fully saturated rings. The summed E-state index contributed by atoms with van der Waals surface area (Å²) < 4.78 is 13.1. The molecular formula is C19H11FN2O4S. The van der Waals surface area contributed by atoms with Crippen LogP contribution in [0.25, 0.3) is 5.57 Å². The summed E-state index contributed by atoms with van der Waals surface area (Å²) in [6.45, 7) is 1.25. The fourth-order valence-electron chi connectivity index (χ4n) is 3.08. The van der Waals surface area contributed by atoms with Crippen LogP contribution in [0.2, 0.25) is 0 Å². The Morgan fingerprint density at radius 3 is 2.30 bits per heavy atom. The molecule has 4 amide bonds. The zero-order valence-electron chi connectivity index (χ0n) is 13.9. The molecule has 2 aromatic carbocycles. The van der Waals surface area contributed by atoms with E-state index in [2.05, 4.69) is 0 Å². The van der Waals surface area contributed by atoms with Gasteiger partial charge in [-0.15, -0.1) is 0 Å². The molecule has 0 spiro atoms. The summed E-state index contributed by atoms with van der Waals surface area (Å²) in [6.07, 6.45) is 0. The number of nitrogens with zero attached hydrogens (tertiary/aromatic N) is 2. The zero-order valence-corrected chi connectivity index (χ0v) is 14.7. The fraction of sp³-hybridized carbons (Fsp3) is 0.0526. The maximum absolute atomic E-state index is 13.1. The largest absolute Gasteiger partial charge is 0.298 e. The van der Waals surface area contributed by atoms with E-state index in [1.165, 1.54) is 19.1 Å². The van der Waals surface area contributed by atoms with Crippen molar-refractivity contribution < 1.29 is 23.6 Å². The smallest absolute Gasteiger partial charge is 0.274 e. The first-order valence-corrected chi connectivity index (χ1v) is 8.72. The molecule has 2 aliphatic heterocycles. The van der Waals surface area contributed by atoms with Crippen molar-refractivity contribution in [2.75, 3.05) is 9.80 Å². The van der Waals surface area contributed by atoms with Crippen molar-refractivity contribution in [2.24, 2.45) is 0 Å². The Morgan fingerprint density at radius 2 is 1.63 bits per heavy atom. The van der Waals surface area contributed by atoms with Gasteiger partial charge in [0, 0.05) is 12.5 Å². The summed E-state index contributed by atoms with van der Waals surface area (Å²) in [7, 11) is 0. The van der Waals surface area contributed by atoms with Gasteiger partial charge in [0.05, 0.1) is 21.9 Å².